The van der Waals surface area contributed by atoms with E-state index in [0.717, 1.165) is 5.56 Å². The lowest BCUT2D eigenvalue weighted by Gasteiger charge is -2.13. The average molecular weight is 294 g/mol. The van der Waals surface area contributed by atoms with Crippen LogP contribution in [0.25, 0.3) is 6.08 Å². The van der Waals surface area contributed by atoms with Crippen molar-refractivity contribution in [3.63, 3.8) is 0 Å². The Kier molecular flexibility index (Phi) is 5.05. The minimum absolute atomic E-state index is 0.0617. The van der Waals surface area contributed by atoms with Crippen molar-refractivity contribution in [3.05, 3.63) is 77.1 Å². The molecular weight excluding hydrogens is 279 g/mol. The number of carbonyl (C=O) groups excluding carboxylic acids is 1. The van der Waals surface area contributed by atoms with Crippen molar-refractivity contribution in [3.8, 4) is 6.07 Å². The summed E-state index contributed by atoms with van der Waals surface area (Å²) in [6, 6.07) is 16.8. The summed E-state index contributed by atoms with van der Waals surface area (Å²) in [5, 5.41) is 11.9. The minimum atomic E-state index is -0.483. The second-order valence-corrected chi connectivity index (χ2v) is 4.83. The summed E-state index contributed by atoms with van der Waals surface area (Å²) < 4.78 is 13.1. The predicted molar refractivity (Wildman–Crippen MR) is 83.0 cm³/mol. The first kappa shape index (κ1) is 15.5. The Morgan fingerprint density at radius 2 is 1.95 bits per heavy atom. The Labute approximate surface area is 128 Å². The van der Waals surface area contributed by atoms with Crippen LogP contribution in [-0.2, 0) is 4.79 Å². The number of amides is 1. The molecule has 0 radical (unpaired) electrons. The van der Waals surface area contributed by atoms with Gasteiger partial charge in [-0.25, -0.2) is 4.39 Å². The molecule has 0 aliphatic rings. The van der Waals surface area contributed by atoms with Crippen LogP contribution in [0.3, 0.4) is 0 Å². The van der Waals surface area contributed by atoms with Crippen LogP contribution in [0, 0.1) is 17.1 Å². The fourth-order valence-electron chi connectivity index (χ4n) is 2.01. The topological polar surface area (TPSA) is 52.9 Å². The molecule has 0 saturated heterocycles. The van der Waals surface area contributed by atoms with E-state index < -0.39 is 11.7 Å². The molecule has 0 saturated carbocycles. The molecule has 3 nitrogen and oxygen atoms in total. The van der Waals surface area contributed by atoms with Gasteiger partial charge in [-0.1, -0.05) is 42.5 Å². The molecule has 2 rings (SSSR count). The summed E-state index contributed by atoms with van der Waals surface area (Å²) in [6.45, 7) is 1.84. The van der Waals surface area contributed by atoms with E-state index in [-0.39, 0.29) is 11.6 Å². The van der Waals surface area contributed by atoms with E-state index in [0.29, 0.717) is 5.56 Å². The molecule has 0 aliphatic carbocycles. The maximum atomic E-state index is 13.1. The van der Waals surface area contributed by atoms with E-state index in [2.05, 4.69) is 5.32 Å². The highest BCUT2D eigenvalue weighted by Crippen LogP contribution is 2.13. The van der Waals surface area contributed by atoms with Crippen molar-refractivity contribution in [2.75, 3.05) is 0 Å². The molecule has 0 aromatic heterocycles. The van der Waals surface area contributed by atoms with Crippen LogP contribution >= 0.6 is 0 Å². The van der Waals surface area contributed by atoms with Gasteiger partial charge in [0.2, 0.25) is 0 Å². The molecule has 1 N–H and O–H groups in total. The fraction of sp³-hybridized carbons (Fsp3) is 0.111. The van der Waals surface area contributed by atoms with Crippen LogP contribution in [0.15, 0.2) is 60.2 Å². The maximum absolute atomic E-state index is 13.1. The number of benzene rings is 2. The van der Waals surface area contributed by atoms with Crippen LogP contribution in [0.1, 0.15) is 24.1 Å². The van der Waals surface area contributed by atoms with Gasteiger partial charge in [-0.2, -0.15) is 5.26 Å². The molecule has 2 aromatic rings. The third kappa shape index (κ3) is 4.03. The Morgan fingerprint density at radius 1 is 1.23 bits per heavy atom. The number of carbonyl (C=O) groups is 1. The van der Waals surface area contributed by atoms with Crippen molar-refractivity contribution < 1.29 is 9.18 Å². The van der Waals surface area contributed by atoms with Gasteiger partial charge in [-0.05, 0) is 36.3 Å². The van der Waals surface area contributed by atoms with Crippen LogP contribution in [0.4, 0.5) is 4.39 Å². The highest BCUT2D eigenvalue weighted by atomic mass is 19.1. The van der Waals surface area contributed by atoms with Crippen molar-refractivity contribution in [2.45, 2.75) is 13.0 Å². The van der Waals surface area contributed by atoms with E-state index in [9.17, 15) is 9.18 Å². The summed E-state index contributed by atoms with van der Waals surface area (Å²) in [4.78, 5) is 12.2. The molecule has 0 fully saturated rings. The molecule has 2 aromatic carbocycles. The zero-order valence-electron chi connectivity index (χ0n) is 12.1. The predicted octanol–water partition coefficient (Wildman–Crippen LogP) is 3.61. The zero-order chi connectivity index (χ0) is 15.9. The number of hydrogen-bond donors (Lipinski definition) is 1. The molecular formula is C18H15FN2O. The molecule has 1 unspecified atom stereocenters. The molecule has 1 atom stereocenters. The second-order valence-electron chi connectivity index (χ2n) is 4.83. The molecule has 0 aliphatic heterocycles. The normalized spacial score (nSPS) is 12.3. The first-order chi connectivity index (χ1) is 10.6. The van der Waals surface area contributed by atoms with Crippen LogP contribution < -0.4 is 5.32 Å². The Balaban J connectivity index is 2.14. The van der Waals surface area contributed by atoms with Gasteiger partial charge in [-0.15, -0.1) is 0 Å². The lowest BCUT2D eigenvalue weighted by atomic mass is 10.1. The Hall–Kier alpha value is -2.93. The van der Waals surface area contributed by atoms with Crippen molar-refractivity contribution in [1.82, 2.24) is 5.32 Å². The molecule has 1 amide bonds. The van der Waals surface area contributed by atoms with E-state index in [1.54, 1.807) is 6.07 Å². The summed E-state index contributed by atoms with van der Waals surface area (Å²) in [6.07, 6.45) is 1.37. The van der Waals surface area contributed by atoms with E-state index >= 15 is 0 Å². The Bertz CT molecular complexity index is 732. The average Bonchev–Trinajstić information content (AvgIpc) is 2.53. The van der Waals surface area contributed by atoms with Gasteiger partial charge in [0.1, 0.15) is 17.5 Å². The van der Waals surface area contributed by atoms with Gasteiger partial charge >= 0.3 is 0 Å². The SMILES string of the molecule is CC(NC(=O)/C(C#N)=C\c1cccc(F)c1)c1ccccc1. The van der Waals surface area contributed by atoms with Crippen LogP contribution in [-0.4, -0.2) is 5.91 Å². The quantitative estimate of drug-likeness (QED) is 0.692. The summed E-state index contributed by atoms with van der Waals surface area (Å²) in [7, 11) is 0. The van der Waals surface area contributed by atoms with E-state index in [1.165, 1.54) is 24.3 Å². The molecule has 22 heavy (non-hydrogen) atoms. The monoisotopic (exact) mass is 294 g/mol. The number of halogens is 1. The van der Waals surface area contributed by atoms with Gasteiger partial charge in [0.15, 0.2) is 0 Å². The lowest BCUT2D eigenvalue weighted by molar-refractivity contribution is -0.117. The number of hydrogen-bond acceptors (Lipinski definition) is 2. The van der Waals surface area contributed by atoms with Gasteiger partial charge in [-0.3, -0.25) is 4.79 Å². The van der Waals surface area contributed by atoms with Gasteiger partial charge in [0.25, 0.3) is 5.91 Å². The molecule has 4 heteroatoms. The standard InChI is InChI=1S/C18H15FN2O/c1-13(15-7-3-2-4-8-15)21-18(22)16(12-20)10-14-6-5-9-17(19)11-14/h2-11,13H,1H3,(H,21,22)/b16-10-. The van der Waals surface area contributed by atoms with Crippen molar-refractivity contribution in [2.24, 2.45) is 0 Å². The number of nitrogens with zero attached hydrogens (tertiary/aromatic N) is 1. The first-order valence-corrected chi connectivity index (χ1v) is 6.83. The van der Waals surface area contributed by atoms with Crippen LogP contribution in [0.2, 0.25) is 0 Å². The molecule has 0 spiro atoms. The largest absolute Gasteiger partial charge is 0.345 e. The van der Waals surface area contributed by atoms with E-state index in [1.807, 2.05) is 43.3 Å². The summed E-state index contributed by atoms with van der Waals surface area (Å²) in [5.74, 6) is -0.896. The van der Waals surface area contributed by atoms with Crippen molar-refractivity contribution in [1.29, 1.82) is 5.26 Å². The maximum Gasteiger partial charge on any atom is 0.262 e. The second kappa shape index (κ2) is 7.19. The number of rotatable bonds is 4. The number of nitriles is 1. The van der Waals surface area contributed by atoms with Gasteiger partial charge in [0.05, 0.1) is 6.04 Å². The third-order valence-electron chi connectivity index (χ3n) is 3.17. The highest BCUT2D eigenvalue weighted by Gasteiger charge is 2.13. The lowest BCUT2D eigenvalue weighted by Crippen LogP contribution is -2.27. The fourth-order valence-corrected chi connectivity index (χ4v) is 2.01. The Morgan fingerprint density at radius 3 is 2.59 bits per heavy atom. The van der Waals surface area contributed by atoms with Crippen LogP contribution in [0.5, 0.6) is 0 Å². The minimum Gasteiger partial charge on any atom is -0.345 e. The van der Waals surface area contributed by atoms with Crippen molar-refractivity contribution >= 4 is 12.0 Å². The summed E-state index contributed by atoms with van der Waals surface area (Å²) >= 11 is 0. The summed E-state index contributed by atoms with van der Waals surface area (Å²) in [5.41, 5.74) is 1.35. The number of nitrogens with one attached hydrogen (secondary N) is 1. The highest BCUT2D eigenvalue weighted by molar-refractivity contribution is 6.01. The zero-order valence-corrected chi connectivity index (χ0v) is 12.1. The molecule has 0 bridgehead atoms. The van der Waals surface area contributed by atoms with Gasteiger partial charge in [0, 0.05) is 0 Å². The first-order valence-electron chi connectivity index (χ1n) is 6.83. The van der Waals surface area contributed by atoms with E-state index in [4.69, 9.17) is 5.26 Å². The third-order valence-corrected chi connectivity index (χ3v) is 3.17. The smallest absolute Gasteiger partial charge is 0.262 e. The molecule has 0 heterocycles. The van der Waals surface area contributed by atoms with Gasteiger partial charge < -0.3 is 5.32 Å². The molecule has 110 valence electrons.